The molecule has 0 spiro atoms. The van der Waals surface area contributed by atoms with E-state index in [4.69, 9.17) is 14.4 Å². The van der Waals surface area contributed by atoms with Crippen LogP contribution in [-0.4, -0.2) is 18.9 Å². The van der Waals surface area contributed by atoms with Crippen molar-refractivity contribution in [1.82, 2.24) is 18.9 Å². The Balaban J connectivity index is 1.19. The van der Waals surface area contributed by atoms with Gasteiger partial charge >= 0.3 is 0 Å². The number of nitrogens with zero attached hydrogens (tertiary/aromatic N) is 4. The van der Waals surface area contributed by atoms with Gasteiger partial charge in [-0.1, -0.05) is 127 Å². The fourth-order valence-electron chi connectivity index (χ4n) is 9.23. The van der Waals surface area contributed by atoms with Gasteiger partial charge in [0.05, 0.1) is 27.6 Å². The summed E-state index contributed by atoms with van der Waals surface area (Å²) in [7, 11) is 0. The van der Waals surface area contributed by atoms with Crippen LogP contribution in [0.5, 0.6) is 0 Å². The molecular weight excluding hydrogens is 673 g/mol. The third-order valence-corrected chi connectivity index (χ3v) is 11.6. The molecule has 13 rings (SSSR count). The second-order valence-corrected chi connectivity index (χ2v) is 14.6. The Bertz CT molecular complexity index is 3700. The number of hydrogen-bond acceptors (Lipinski definition) is 3. The number of benzene rings is 8. The molecule has 0 N–H and O–H groups in total. The Morgan fingerprint density at radius 1 is 0.418 bits per heavy atom. The van der Waals surface area contributed by atoms with Gasteiger partial charge in [0, 0.05) is 43.3 Å². The molecule has 0 saturated carbocycles. The van der Waals surface area contributed by atoms with Crippen molar-refractivity contribution in [3.63, 3.8) is 0 Å². The molecule has 0 atom stereocenters. The second kappa shape index (κ2) is 10.6. The van der Waals surface area contributed by atoms with Gasteiger partial charge in [-0.2, -0.15) is 0 Å². The molecule has 0 saturated heterocycles. The molecule has 5 heterocycles. The van der Waals surface area contributed by atoms with Crippen molar-refractivity contribution in [3.05, 3.63) is 170 Å². The Labute approximate surface area is 313 Å². The molecule has 0 fully saturated rings. The van der Waals surface area contributed by atoms with Crippen LogP contribution in [0.25, 0.3) is 121 Å². The average molecular weight is 701 g/mol. The summed E-state index contributed by atoms with van der Waals surface area (Å²) in [5.41, 5.74) is 11.3. The van der Waals surface area contributed by atoms with Gasteiger partial charge in [0.25, 0.3) is 0 Å². The molecule has 5 heteroatoms. The summed E-state index contributed by atoms with van der Waals surface area (Å²) >= 11 is 0. The first-order valence-corrected chi connectivity index (χ1v) is 18.7. The van der Waals surface area contributed by atoms with Crippen molar-refractivity contribution in [2.45, 2.75) is 0 Å². The third kappa shape index (κ3) is 3.86. The molecule has 5 aromatic heterocycles. The fourth-order valence-corrected chi connectivity index (χ4v) is 9.23. The van der Waals surface area contributed by atoms with Gasteiger partial charge in [0.15, 0.2) is 17.2 Å². The van der Waals surface area contributed by atoms with E-state index in [9.17, 15) is 0 Å². The van der Waals surface area contributed by atoms with Crippen LogP contribution >= 0.6 is 0 Å². The van der Waals surface area contributed by atoms with Crippen molar-refractivity contribution in [2.24, 2.45) is 0 Å². The number of aromatic nitrogens is 4. The zero-order chi connectivity index (χ0) is 35.8. The molecule has 5 nitrogen and oxygen atoms in total. The first kappa shape index (κ1) is 29.0. The van der Waals surface area contributed by atoms with Crippen molar-refractivity contribution in [3.8, 4) is 28.3 Å². The number of hydrogen-bond donors (Lipinski definition) is 0. The predicted octanol–water partition coefficient (Wildman–Crippen LogP) is 13.1. The lowest BCUT2D eigenvalue weighted by atomic mass is 10.0. The highest BCUT2D eigenvalue weighted by molar-refractivity contribution is 6.36. The lowest BCUT2D eigenvalue weighted by Gasteiger charge is -2.11. The van der Waals surface area contributed by atoms with Gasteiger partial charge in [0.1, 0.15) is 11.1 Å². The zero-order valence-corrected chi connectivity index (χ0v) is 29.4. The van der Waals surface area contributed by atoms with Crippen molar-refractivity contribution < 1.29 is 4.42 Å². The maximum absolute atomic E-state index is 6.74. The monoisotopic (exact) mass is 700 g/mol. The van der Waals surface area contributed by atoms with E-state index in [1.165, 1.54) is 65.2 Å². The van der Waals surface area contributed by atoms with Gasteiger partial charge in [-0.3, -0.25) is 4.57 Å². The topological polar surface area (TPSA) is 48.3 Å². The van der Waals surface area contributed by atoms with E-state index in [1.807, 2.05) is 24.3 Å². The van der Waals surface area contributed by atoms with Crippen LogP contribution < -0.4 is 0 Å². The van der Waals surface area contributed by atoms with Crippen molar-refractivity contribution >= 4 is 92.7 Å². The lowest BCUT2D eigenvalue weighted by Crippen LogP contribution is -2.01. The molecule has 0 aliphatic heterocycles. The van der Waals surface area contributed by atoms with E-state index in [0.29, 0.717) is 11.4 Å². The highest BCUT2D eigenvalue weighted by Crippen LogP contribution is 2.48. The largest absolute Gasteiger partial charge is 0.450 e. The Hall–Kier alpha value is -7.50. The summed E-state index contributed by atoms with van der Waals surface area (Å²) in [6.45, 7) is 0. The normalized spacial score (nSPS) is 12.4. The summed E-state index contributed by atoms with van der Waals surface area (Å²) < 4.78 is 11.5. The second-order valence-electron chi connectivity index (χ2n) is 14.6. The number of rotatable bonds is 3. The third-order valence-electron chi connectivity index (χ3n) is 11.6. The van der Waals surface area contributed by atoms with Crippen LogP contribution in [0.1, 0.15) is 0 Å². The van der Waals surface area contributed by atoms with E-state index < -0.39 is 0 Å². The van der Waals surface area contributed by atoms with E-state index in [0.717, 1.165) is 44.5 Å². The minimum absolute atomic E-state index is 0.652. The van der Waals surface area contributed by atoms with Crippen molar-refractivity contribution in [2.75, 3.05) is 0 Å². The summed E-state index contributed by atoms with van der Waals surface area (Å²) in [4.78, 5) is 10.7. The fraction of sp³-hybridized carbons (Fsp3) is 0. The van der Waals surface area contributed by atoms with Crippen LogP contribution in [0.2, 0.25) is 0 Å². The Morgan fingerprint density at radius 3 is 1.91 bits per heavy atom. The maximum atomic E-state index is 6.74. The lowest BCUT2D eigenvalue weighted by molar-refractivity contribution is 0.662. The predicted molar refractivity (Wildman–Crippen MR) is 227 cm³/mol. The molecule has 0 bridgehead atoms. The molecule has 0 aliphatic carbocycles. The molecular formula is C50H28N4O. The first-order valence-electron chi connectivity index (χ1n) is 18.7. The highest BCUT2D eigenvalue weighted by atomic mass is 16.3. The van der Waals surface area contributed by atoms with E-state index >= 15 is 0 Å². The van der Waals surface area contributed by atoms with Gasteiger partial charge < -0.3 is 8.82 Å². The SMILES string of the molecule is c1ccc(-c2ccc(-c3nc(-n4c5ccccc5c5c6c7cc8ccccc8cc7n7c8ccccc8c(cc54)c67)c4oc5ccccc5c4n3)cc2)cc1. The molecule has 13 aromatic rings. The standard InChI is InChI=1S/C50H28N4O/c1-2-12-29(13-3-1)30-22-24-31(25-23-30)49-51-46-36-18-8-11-21-43(36)55-48(46)50(52-49)54-40-20-10-7-17-35(40)44-42(54)28-37-34-16-6-9-19-39(34)53-41-27-33-15-5-4-14-32(33)26-38(41)45(44)47(37)53/h1-28H. The van der Waals surface area contributed by atoms with Crippen LogP contribution in [-0.2, 0) is 0 Å². The number of furan rings is 1. The zero-order valence-electron chi connectivity index (χ0n) is 29.4. The molecule has 0 unspecified atom stereocenters. The van der Waals surface area contributed by atoms with E-state index in [-0.39, 0.29) is 0 Å². The Kier molecular flexibility index (Phi) is 5.57. The van der Waals surface area contributed by atoms with Crippen LogP contribution in [0.15, 0.2) is 174 Å². The summed E-state index contributed by atoms with van der Waals surface area (Å²) in [5.74, 6) is 1.38. The average Bonchev–Trinajstić information content (AvgIpc) is 3.98. The van der Waals surface area contributed by atoms with E-state index in [2.05, 4.69) is 155 Å². The first-order chi connectivity index (χ1) is 27.3. The number of fused-ring (bicyclic) bond motifs is 14. The van der Waals surface area contributed by atoms with Gasteiger partial charge in [-0.05, 0) is 64.4 Å². The summed E-state index contributed by atoms with van der Waals surface area (Å²) in [5, 5.41) is 10.8. The minimum atomic E-state index is 0.652. The van der Waals surface area contributed by atoms with Crippen LogP contribution in [0, 0.1) is 0 Å². The smallest absolute Gasteiger partial charge is 0.197 e. The van der Waals surface area contributed by atoms with Gasteiger partial charge in [0.2, 0.25) is 0 Å². The highest BCUT2D eigenvalue weighted by Gasteiger charge is 2.27. The van der Waals surface area contributed by atoms with Gasteiger partial charge in [-0.15, -0.1) is 0 Å². The molecule has 0 aliphatic rings. The molecule has 0 radical (unpaired) electrons. The minimum Gasteiger partial charge on any atom is -0.450 e. The molecule has 0 amide bonds. The van der Waals surface area contributed by atoms with Gasteiger partial charge in [-0.25, -0.2) is 9.97 Å². The molecule has 254 valence electrons. The van der Waals surface area contributed by atoms with Crippen LogP contribution in [0.3, 0.4) is 0 Å². The number of para-hydroxylation sites is 3. The quantitative estimate of drug-likeness (QED) is 0.184. The molecule has 55 heavy (non-hydrogen) atoms. The van der Waals surface area contributed by atoms with Crippen LogP contribution in [0.4, 0.5) is 0 Å². The Morgan fingerprint density at radius 2 is 1.07 bits per heavy atom. The molecule has 8 aromatic carbocycles. The maximum Gasteiger partial charge on any atom is 0.197 e. The van der Waals surface area contributed by atoms with E-state index in [1.54, 1.807) is 0 Å². The summed E-state index contributed by atoms with van der Waals surface area (Å²) in [6.07, 6.45) is 0. The summed E-state index contributed by atoms with van der Waals surface area (Å²) in [6, 6.07) is 60.5. The van der Waals surface area contributed by atoms with Crippen molar-refractivity contribution in [1.29, 1.82) is 0 Å².